The number of cyclic esters (lactones) is 1. The normalized spacial score (nSPS) is 50.5. The number of methoxy groups -OCH3 is 1. The molecular weight excluding hydrogens is 440 g/mol. The van der Waals surface area contributed by atoms with E-state index in [4.69, 9.17) is 18.9 Å². The van der Waals surface area contributed by atoms with E-state index in [-0.39, 0.29) is 23.0 Å². The third-order valence-corrected chi connectivity index (χ3v) is 10.9. The van der Waals surface area contributed by atoms with Gasteiger partial charge in [0.2, 0.25) is 6.10 Å². The highest BCUT2D eigenvalue weighted by Gasteiger charge is 2.89. The second-order valence-electron chi connectivity index (χ2n) is 12.4. The van der Waals surface area contributed by atoms with E-state index in [0.29, 0.717) is 19.3 Å². The first-order valence-electron chi connectivity index (χ1n) is 12.4. The average Bonchev–Trinajstić information content (AvgIpc) is 3.53. The molecule has 3 aliphatic carbocycles. The summed E-state index contributed by atoms with van der Waals surface area (Å²) >= 11 is 0. The Morgan fingerprint density at radius 1 is 1.03 bits per heavy atom. The molecular formula is C26H36O8. The Labute approximate surface area is 200 Å². The van der Waals surface area contributed by atoms with Crippen LogP contribution in [0.1, 0.15) is 73.6 Å². The summed E-state index contributed by atoms with van der Waals surface area (Å²) in [6.07, 6.45) is 0.629. The number of carbonyl (C=O) groups is 4. The predicted molar refractivity (Wildman–Crippen MR) is 118 cm³/mol. The summed E-state index contributed by atoms with van der Waals surface area (Å²) in [6, 6.07) is 0. The van der Waals surface area contributed by atoms with E-state index in [1.54, 1.807) is 0 Å². The Kier molecular flexibility index (Phi) is 4.77. The molecule has 1 spiro atoms. The summed E-state index contributed by atoms with van der Waals surface area (Å²) in [4.78, 5) is 51.1. The lowest BCUT2D eigenvalue weighted by atomic mass is 9.35. The Morgan fingerprint density at radius 3 is 2.32 bits per heavy atom. The Bertz CT molecular complexity index is 987. The third-order valence-electron chi connectivity index (χ3n) is 10.9. The largest absolute Gasteiger partial charge is 0.466 e. The summed E-state index contributed by atoms with van der Waals surface area (Å²) in [5.41, 5.74) is -3.35. The van der Waals surface area contributed by atoms with Crippen LogP contribution in [-0.2, 0) is 38.1 Å². The van der Waals surface area contributed by atoms with Gasteiger partial charge >= 0.3 is 17.9 Å². The molecule has 9 atom stereocenters. The fourth-order valence-corrected chi connectivity index (χ4v) is 9.25. The lowest BCUT2D eigenvalue weighted by molar-refractivity contribution is -0.263. The summed E-state index contributed by atoms with van der Waals surface area (Å²) < 4.78 is 23.0. The molecule has 0 N–H and O–H groups in total. The Balaban J connectivity index is 1.69. The molecule has 2 heterocycles. The lowest BCUT2D eigenvalue weighted by Crippen LogP contribution is -2.75. The maximum Gasteiger partial charge on any atom is 0.347 e. The molecule has 0 aromatic carbocycles. The van der Waals surface area contributed by atoms with Crippen molar-refractivity contribution in [2.45, 2.75) is 97.6 Å². The van der Waals surface area contributed by atoms with Crippen LogP contribution in [0.25, 0.3) is 0 Å². The number of hydrogen-bond acceptors (Lipinski definition) is 8. The van der Waals surface area contributed by atoms with Gasteiger partial charge in [0.1, 0.15) is 17.5 Å². The summed E-state index contributed by atoms with van der Waals surface area (Å²) in [5, 5.41) is 0. The molecule has 0 bridgehead atoms. The minimum atomic E-state index is -1.09. The van der Waals surface area contributed by atoms with Crippen molar-refractivity contribution in [3.8, 4) is 0 Å². The number of epoxide rings is 1. The van der Waals surface area contributed by atoms with Gasteiger partial charge in [-0.2, -0.15) is 0 Å². The first kappa shape index (κ1) is 23.8. The first-order chi connectivity index (χ1) is 15.7. The molecule has 8 heteroatoms. The van der Waals surface area contributed by atoms with Crippen LogP contribution in [0.5, 0.6) is 0 Å². The van der Waals surface area contributed by atoms with Crippen molar-refractivity contribution in [1.29, 1.82) is 0 Å². The average molecular weight is 477 g/mol. The number of Topliss-reactive ketones (excluding diaryl/α,β-unsaturated/α-hetero) is 1. The fraction of sp³-hybridized carbons (Fsp3) is 0.846. The van der Waals surface area contributed by atoms with Gasteiger partial charge in [-0.25, -0.2) is 9.59 Å². The van der Waals surface area contributed by atoms with Gasteiger partial charge in [-0.15, -0.1) is 0 Å². The number of fused-ring (bicyclic) bond motifs is 3. The van der Waals surface area contributed by atoms with Crippen LogP contribution in [-0.4, -0.2) is 54.7 Å². The van der Waals surface area contributed by atoms with Crippen molar-refractivity contribution in [3.05, 3.63) is 0 Å². The van der Waals surface area contributed by atoms with Crippen LogP contribution in [0.2, 0.25) is 0 Å². The van der Waals surface area contributed by atoms with Crippen molar-refractivity contribution in [2.75, 3.05) is 7.11 Å². The number of ether oxygens (including phenoxy) is 4. The fourth-order valence-electron chi connectivity index (χ4n) is 9.25. The molecule has 5 fully saturated rings. The van der Waals surface area contributed by atoms with Gasteiger partial charge in [0, 0.05) is 29.6 Å². The van der Waals surface area contributed by atoms with Gasteiger partial charge in [-0.1, -0.05) is 34.6 Å². The van der Waals surface area contributed by atoms with Crippen LogP contribution in [0.3, 0.4) is 0 Å². The molecule has 2 aliphatic heterocycles. The zero-order chi connectivity index (χ0) is 25.1. The summed E-state index contributed by atoms with van der Waals surface area (Å²) in [6.45, 7) is 11.7. The Hall–Kier alpha value is -1.96. The van der Waals surface area contributed by atoms with E-state index >= 15 is 0 Å². The SMILES string of the molecule is COC(=O)[C@@H]1OC(=O)[C@H]2O[C@@]23[C@@]1(C)CCC1[C@@]2(C)CCC(=O)C(C)(C)C2C[C@@H](OC(C)=O)[C@]13C. The van der Waals surface area contributed by atoms with Crippen LogP contribution in [0, 0.1) is 33.5 Å². The van der Waals surface area contributed by atoms with Crippen molar-refractivity contribution < 1.29 is 38.1 Å². The molecule has 2 saturated heterocycles. The third kappa shape index (κ3) is 2.48. The van der Waals surface area contributed by atoms with E-state index < -0.39 is 58.1 Å². The molecule has 5 aliphatic rings. The maximum atomic E-state index is 13.0. The topological polar surface area (TPSA) is 108 Å². The maximum absolute atomic E-state index is 13.0. The second kappa shape index (κ2) is 6.83. The van der Waals surface area contributed by atoms with Gasteiger partial charge in [0.05, 0.1) is 7.11 Å². The van der Waals surface area contributed by atoms with Crippen LogP contribution in [0.15, 0.2) is 0 Å². The van der Waals surface area contributed by atoms with Gasteiger partial charge in [-0.3, -0.25) is 9.59 Å². The van der Waals surface area contributed by atoms with Crippen molar-refractivity contribution >= 4 is 23.7 Å². The van der Waals surface area contributed by atoms with Gasteiger partial charge < -0.3 is 18.9 Å². The number of hydrogen-bond donors (Lipinski definition) is 0. The van der Waals surface area contributed by atoms with Gasteiger partial charge in [-0.05, 0) is 42.9 Å². The number of ketones is 1. The quantitative estimate of drug-likeness (QED) is 0.340. The molecule has 188 valence electrons. The minimum absolute atomic E-state index is 0.0218. The highest BCUT2D eigenvalue weighted by molar-refractivity contribution is 5.88. The predicted octanol–water partition coefficient (Wildman–Crippen LogP) is 2.99. The molecule has 8 nitrogen and oxygen atoms in total. The molecule has 3 saturated carbocycles. The molecule has 2 unspecified atom stereocenters. The zero-order valence-electron chi connectivity index (χ0n) is 21.2. The van der Waals surface area contributed by atoms with E-state index in [1.807, 2.05) is 20.8 Å². The molecule has 34 heavy (non-hydrogen) atoms. The summed E-state index contributed by atoms with van der Waals surface area (Å²) in [7, 11) is 1.29. The van der Waals surface area contributed by atoms with Crippen molar-refractivity contribution in [1.82, 2.24) is 0 Å². The van der Waals surface area contributed by atoms with E-state index in [9.17, 15) is 19.2 Å². The van der Waals surface area contributed by atoms with Crippen LogP contribution < -0.4 is 0 Å². The van der Waals surface area contributed by atoms with Gasteiger partial charge in [0.15, 0.2) is 6.10 Å². The summed E-state index contributed by atoms with van der Waals surface area (Å²) in [5.74, 6) is -1.28. The minimum Gasteiger partial charge on any atom is -0.466 e. The monoisotopic (exact) mass is 476 g/mol. The molecule has 5 rings (SSSR count). The molecule has 0 aromatic rings. The van der Waals surface area contributed by atoms with E-state index in [0.717, 1.165) is 12.8 Å². The highest BCUT2D eigenvalue weighted by Crippen LogP contribution is 2.78. The molecule has 0 radical (unpaired) electrons. The van der Waals surface area contributed by atoms with Crippen LogP contribution >= 0.6 is 0 Å². The van der Waals surface area contributed by atoms with E-state index in [1.165, 1.54) is 14.0 Å². The van der Waals surface area contributed by atoms with Gasteiger partial charge in [0.25, 0.3) is 0 Å². The standard InChI is InChI=1S/C26H36O8/c1-13(27)32-17-12-15-22(2,3)16(28)9-10-23(15,4)14-8-11-24(5)18(20(29)31-7)33-21(30)19-26(24,34-19)25(14,17)6/h14-15,17-19H,8-12H2,1-7H3/t14?,15?,17-,18+,19-,23-,24+,25+,26-/m1/s1. The molecule has 0 amide bonds. The number of esters is 3. The first-order valence-corrected chi connectivity index (χ1v) is 12.4. The van der Waals surface area contributed by atoms with E-state index in [2.05, 4.69) is 13.8 Å². The highest BCUT2D eigenvalue weighted by atomic mass is 16.7. The number of rotatable bonds is 2. The van der Waals surface area contributed by atoms with Crippen molar-refractivity contribution in [2.24, 2.45) is 33.5 Å². The Morgan fingerprint density at radius 2 is 1.71 bits per heavy atom. The van der Waals surface area contributed by atoms with Crippen molar-refractivity contribution in [3.63, 3.8) is 0 Å². The molecule has 0 aromatic heterocycles. The smallest absolute Gasteiger partial charge is 0.347 e. The zero-order valence-corrected chi connectivity index (χ0v) is 21.2. The van der Waals surface area contributed by atoms with Crippen LogP contribution in [0.4, 0.5) is 0 Å². The number of carbonyl (C=O) groups excluding carboxylic acids is 4. The lowest BCUT2D eigenvalue weighted by Gasteiger charge is -2.69. The second-order valence-corrected chi connectivity index (χ2v) is 12.4.